The van der Waals surface area contributed by atoms with Crippen LogP contribution in [0.15, 0.2) is 35.4 Å². The van der Waals surface area contributed by atoms with Crippen LogP contribution < -0.4 is 25.4 Å². The predicted octanol–water partition coefficient (Wildman–Crippen LogP) is 4.24. The summed E-state index contributed by atoms with van der Waals surface area (Å²) in [5.41, 5.74) is 9.99. The van der Waals surface area contributed by atoms with Gasteiger partial charge in [-0.05, 0) is 47.7 Å². The van der Waals surface area contributed by atoms with Gasteiger partial charge in [-0.15, -0.1) is 0 Å². The largest absolute Gasteiger partial charge is 0.493 e. The lowest BCUT2D eigenvalue weighted by atomic mass is 10.0. The van der Waals surface area contributed by atoms with Gasteiger partial charge in [-0.2, -0.15) is 5.10 Å². The molecule has 0 saturated heterocycles. The molecule has 2 rings (SSSR count). The van der Waals surface area contributed by atoms with Crippen molar-refractivity contribution in [2.45, 2.75) is 26.7 Å². The van der Waals surface area contributed by atoms with Gasteiger partial charge >= 0.3 is 6.03 Å². The minimum absolute atomic E-state index is 0.290. The number of halogens is 1. The number of hydrogen-bond acceptors (Lipinski definition) is 5. The Morgan fingerprint density at radius 2 is 1.93 bits per heavy atom. The Morgan fingerprint density at radius 3 is 2.59 bits per heavy atom. The maximum absolute atomic E-state index is 10.7. The number of nitrogens with zero attached hydrogens (tertiary/aromatic N) is 1. The molecule has 8 heteroatoms. The van der Waals surface area contributed by atoms with Gasteiger partial charge in [0, 0.05) is 0 Å². The van der Waals surface area contributed by atoms with Crippen LogP contribution >= 0.6 is 11.6 Å². The Bertz CT molecular complexity index is 884. The fraction of sp³-hybridized carbons (Fsp3) is 0.333. The summed E-state index contributed by atoms with van der Waals surface area (Å²) in [6.07, 6.45) is 1.40. The third-order valence-corrected chi connectivity index (χ3v) is 4.30. The number of nitrogens with two attached hydrogens (primary N) is 1. The molecular formula is C21H26ClN3O4. The molecule has 0 aliphatic carbocycles. The number of carbonyl (C=O) groups is 1. The van der Waals surface area contributed by atoms with E-state index in [2.05, 4.69) is 36.5 Å². The minimum atomic E-state index is -0.756. The fourth-order valence-corrected chi connectivity index (χ4v) is 2.94. The summed E-state index contributed by atoms with van der Waals surface area (Å²) >= 11 is 6.32. The second kappa shape index (κ2) is 10.6. The highest BCUT2D eigenvalue weighted by atomic mass is 35.5. The molecule has 156 valence electrons. The van der Waals surface area contributed by atoms with Crippen LogP contribution in [0.2, 0.25) is 5.02 Å². The summed E-state index contributed by atoms with van der Waals surface area (Å²) in [4.78, 5) is 10.7. The van der Waals surface area contributed by atoms with Crippen LogP contribution in [0.5, 0.6) is 17.2 Å². The van der Waals surface area contributed by atoms with Crippen LogP contribution in [-0.4, -0.2) is 32.6 Å². The van der Waals surface area contributed by atoms with Gasteiger partial charge in [0.2, 0.25) is 0 Å². The van der Waals surface area contributed by atoms with Crippen molar-refractivity contribution in [1.29, 1.82) is 0 Å². The van der Waals surface area contributed by atoms with Crippen LogP contribution in [0.25, 0.3) is 0 Å². The Labute approximate surface area is 175 Å². The van der Waals surface area contributed by atoms with E-state index in [1.807, 2.05) is 13.0 Å². The third kappa shape index (κ3) is 6.57. The average molecular weight is 420 g/mol. The Balaban J connectivity index is 2.03. The van der Waals surface area contributed by atoms with E-state index in [0.29, 0.717) is 34.6 Å². The molecule has 0 bridgehead atoms. The summed E-state index contributed by atoms with van der Waals surface area (Å²) in [5.74, 6) is 2.07. The van der Waals surface area contributed by atoms with Crippen LogP contribution in [0.3, 0.4) is 0 Å². The van der Waals surface area contributed by atoms with Crippen molar-refractivity contribution in [1.82, 2.24) is 5.43 Å². The number of carbonyl (C=O) groups excluding carboxylic acids is 1. The number of amides is 2. The van der Waals surface area contributed by atoms with Gasteiger partial charge in [-0.1, -0.05) is 37.6 Å². The summed E-state index contributed by atoms with van der Waals surface area (Å²) in [5, 5.41) is 4.05. The molecule has 2 amide bonds. The highest BCUT2D eigenvalue weighted by molar-refractivity contribution is 6.32. The second-order valence-corrected chi connectivity index (χ2v) is 7.07. The van der Waals surface area contributed by atoms with Crippen LogP contribution in [-0.2, 0) is 0 Å². The molecule has 0 fully saturated rings. The van der Waals surface area contributed by atoms with Gasteiger partial charge in [0.1, 0.15) is 19.0 Å². The molecule has 0 aromatic heterocycles. The second-order valence-electron chi connectivity index (χ2n) is 6.66. The van der Waals surface area contributed by atoms with Crippen molar-refractivity contribution >= 4 is 23.8 Å². The number of urea groups is 1. The lowest BCUT2D eigenvalue weighted by Crippen LogP contribution is -2.24. The van der Waals surface area contributed by atoms with Gasteiger partial charge in [0.25, 0.3) is 0 Å². The maximum Gasteiger partial charge on any atom is 0.332 e. The maximum atomic E-state index is 10.7. The van der Waals surface area contributed by atoms with Crippen LogP contribution in [0, 0.1) is 6.92 Å². The molecule has 2 aromatic rings. The molecule has 0 saturated carbocycles. The first kappa shape index (κ1) is 22.4. The van der Waals surface area contributed by atoms with E-state index < -0.39 is 6.03 Å². The zero-order chi connectivity index (χ0) is 21.4. The molecule has 0 unspecified atom stereocenters. The van der Waals surface area contributed by atoms with Crippen molar-refractivity contribution in [2.75, 3.05) is 20.3 Å². The lowest BCUT2D eigenvalue weighted by Gasteiger charge is -2.16. The normalized spacial score (nSPS) is 11.0. The van der Waals surface area contributed by atoms with Gasteiger partial charge in [-0.3, -0.25) is 0 Å². The van der Waals surface area contributed by atoms with E-state index in [1.165, 1.54) is 13.3 Å². The number of rotatable bonds is 9. The summed E-state index contributed by atoms with van der Waals surface area (Å²) < 4.78 is 17.1. The first-order valence-corrected chi connectivity index (χ1v) is 9.51. The third-order valence-electron chi connectivity index (χ3n) is 4.02. The van der Waals surface area contributed by atoms with E-state index in [1.54, 1.807) is 12.1 Å². The van der Waals surface area contributed by atoms with Gasteiger partial charge in [0.15, 0.2) is 11.5 Å². The first-order chi connectivity index (χ1) is 13.8. The quantitative estimate of drug-likeness (QED) is 0.361. The van der Waals surface area contributed by atoms with Crippen LogP contribution in [0.4, 0.5) is 4.79 Å². The molecule has 0 heterocycles. The molecule has 2 aromatic carbocycles. The summed E-state index contributed by atoms with van der Waals surface area (Å²) in [7, 11) is 1.51. The summed E-state index contributed by atoms with van der Waals surface area (Å²) in [6, 6.07) is 8.76. The number of benzene rings is 2. The van der Waals surface area contributed by atoms with Crippen molar-refractivity contribution in [3.63, 3.8) is 0 Å². The van der Waals surface area contributed by atoms with E-state index >= 15 is 0 Å². The Morgan fingerprint density at radius 1 is 1.21 bits per heavy atom. The standard InChI is InChI=1S/C21H26ClN3O4/c1-13(2)16-6-5-14(3)9-18(16)28-7-8-29-20-17(22)10-15(11-19(20)27-4)12-24-25-21(23)26/h5-6,9-13H,7-8H2,1-4H3,(H3,23,25,26). The molecule has 0 aliphatic rings. The Hall–Kier alpha value is -2.93. The number of primary amides is 1. The monoisotopic (exact) mass is 419 g/mol. The average Bonchev–Trinajstić information content (AvgIpc) is 2.65. The first-order valence-electron chi connectivity index (χ1n) is 9.14. The Kier molecular flexibility index (Phi) is 8.15. The number of hydrogen-bond donors (Lipinski definition) is 2. The van der Waals surface area contributed by atoms with Gasteiger partial charge in [0.05, 0.1) is 18.3 Å². The highest BCUT2D eigenvalue weighted by Crippen LogP contribution is 2.36. The molecule has 29 heavy (non-hydrogen) atoms. The molecule has 0 radical (unpaired) electrons. The zero-order valence-corrected chi connectivity index (χ0v) is 17.7. The number of aryl methyl sites for hydroxylation is 1. The number of hydrazone groups is 1. The predicted molar refractivity (Wildman–Crippen MR) is 115 cm³/mol. The minimum Gasteiger partial charge on any atom is -0.493 e. The van der Waals surface area contributed by atoms with Crippen molar-refractivity contribution < 1.29 is 19.0 Å². The van der Waals surface area contributed by atoms with E-state index in [4.69, 9.17) is 31.5 Å². The molecule has 7 nitrogen and oxygen atoms in total. The van der Waals surface area contributed by atoms with Crippen molar-refractivity contribution in [3.05, 3.63) is 52.0 Å². The number of ether oxygens (including phenoxy) is 3. The lowest BCUT2D eigenvalue weighted by molar-refractivity contribution is 0.210. The number of nitrogens with one attached hydrogen (secondary N) is 1. The van der Waals surface area contributed by atoms with E-state index in [-0.39, 0.29) is 6.61 Å². The van der Waals surface area contributed by atoms with E-state index in [0.717, 1.165) is 16.9 Å². The SMILES string of the molecule is COc1cc(C=NNC(N)=O)cc(Cl)c1OCCOc1cc(C)ccc1C(C)C. The molecule has 3 N–H and O–H groups in total. The topological polar surface area (TPSA) is 95.2 Å². The van der Waals surface area contributed by atoms with Gasteiger partial charge in [-0.25, -0.2) is 10.2 Å². The van der Waals surface area contributed by atoms with Crippen LogP contribution in [0.1, 0.15) is 36.5 Å². The molecule has 0 atom stereocenters. The zero-order valence-electron chi connectivity index (χ0n) is 17.0. The smallest absolute Gasteiger partial charge is 0.332 e. The molecule has 0 aliphatic heterocycles. The highest BCUT2D eigenvalue weighted by Gasteiger charge is 2.13. The number of methoxy groups -OCH3 is 1. The van der Waals surface area contributed by atoms with E-state index in [9.17, 15) is 4.79 Å². The van der Waals surface area contributed by atoms with Crippen molar-refractivity contribution in [3.8, 4) is 17.2 Å². The van der Waals surface area contributed by atoms with Crippen molar-refractivity contribution in [2.24, 2.45) is 10.8 Å². The van der Waals surface area contributed by atoms with Gasteiger partial charge < -0.3 is 19.9 Å². The molecular weight excluding hydrogens is 394 g/mol. The molecule has 0 spiro atoms. The fourth-order valence-electron chi connectivity index (χ4n) is 2.66. The summed E-state index contributed by atoms with van der Waals surface area (Å²) in [6.45, 7) is 6.93.